The Morgan fingerprint density at radius 2 is 1.86 bits per heavy atom. The fourth-order valence-corrected chi connectivity index (χ4v) is 2.85. The zero-order valence-electron chi connectivity index (χ0n) is 11.4. The van der Waals surface area contributed by atoms with E-state index in [9.17, 15) is 13.2 Å². The summed E-state index contributed by atoms with van der Waals surface area (Å²) in [7, 11) is 1.54. The van der Waals surface area contributed by atoms with Crippen LogP contribution in [0, 0.1) is 13.8 Å². The van der Waals surface area contributed by atoms with Crippen molar-refractivity contribution in [3.8, 4) is 0 Å². The molecule has 0 unspecified atom stereocenters. The van der Waals surface area contributed by atoms with Crippen molar-refractivity contribution in [1.82, 2.24) is 4.98 Å². The zero-order chi connectivity index (χ0) is 15.6. The van der Waals surface area contributed by atoms with Crippen molar-refractivity contribution in [3.05, 3.63) is 53.3 Å². The van der Waals surface area contributed by atoms with Gasteiger partial charge in [0.25, 0.3) is 15.0 Å². The van der Waals surface area contributed by atoms with Crippen LogP contribution in [-0.2, 0) is 9.05 Å². The second-order valence-electron chi connectivity index (χ2n) is 4.57. The van der Waals surface area contributed by atoms with E-state index in [-0.39, 0.29) is 10.8 Å². The van der Waals surface area contributed by atoms with Crippen LogP contribution in [-0.4, -0.2) is 19.3 Å². The van der Waals surface area contributed by atoms with Gasteiger partial charge in [0.05, 0.1) is 10.5 Å². The second-order valence-corrected chi connectivity index (χ2v) is 7.13. The molecule has 2 aromatic rings. The van der Waals surface area contributed by atoms with Gasteiger partial charge in [0.1, 0.15) is 0 Å². The largest absolute Gasteiger partial charge is 0.321 e. The standard InChI is InChI=1S/C14H13ClN2O3S/c1-9-6-12(21(15,19)20)7-10(2)13(9)17-14(18)11-4-3-5-16-8-11/h3-8H,1-2H3,(H,17,18). The van der Waals surface area contributed by atoms with Crippen LogP contribution in [0.4, 0.5) is 5.69 Å². The average Bonchev–Trinajstić information content (AvgIpc) is 2.42. The number of pyridine rings is 1. The molecule has 0 spiro atoms. The quantitative estimate of drug-likeness (QED) is 0.881. The Hall–Kier alpha value is -1.92. The third-order valence-corrected chi connectivity index (χ3v) is 4.28. The highest BCUT2D eigenvalue weighted by Crippen LogP contribution is 2.26. The minimum absolute atomic E-state index is 0.0125. The molecule has 110 valence electrons. The number of halogens is 1. The average molecular weight is 325 g/mol. The van der Waals surface area contributed by atoms with Gasteiger partial charge < -0.3 is 5.32 Å². The number of nitrogens with one attached hydrogen (secondary N) is 1. The van der Waals surface area contributed by atoms with E-state index >= 15 is 0 Å². The number of nitrogens with zero attached hydrogens (tertiary/aromatic N) is 1. The maximum Gasteiger partial charge on any atom is 0.261 e. The summed E-state index contributed by atoms with van der Waals surface area (Å²) in [6.45, 7) is 3.41. The summed E-state index contributed by atoms with van der Waals surface area (Å²) in [6.07, 6.45) is 3.03. The van der Waals surface area contributed by atoms with E-state index in [4.69, 9.17) is 10.7 Å². The molecule has 0 fully saturated rings. The Labute approximate surface area is 127 Å². The molecule has 2 rings (SSSR count). The molecule has 1 N–H and O–H groups in total. The van der Waals surface area contributed by atoms with Crippen LogP contribution in [0.15, 0.2) is 41.6 Å². The predicted octanol–water partition coefficient (Wildman–Crippen LogP) is 2.88. The van der Waals surface area contributed by atoms with Crippen LogP contribution in [0.5, 0.6) is 0 Å². The number of aromatic nitrogens is 1. The predicted molar refractivity (Wildman–Crippen MR) is 81.1 cm³/mol. The fraction of sp³-hybridized carbons (Fsp3) is 0.143. The number of anilines is 1. The monoisotopic (exact) mass is 324 g/mol. The molecule has 0 atom stereocenters. The summed E-state index contributed by atoms with van der Waals surface area (Å²) in [6, 6.07) is 6.16. The van der Waals surface area contributed by atoms with Crippen molar-refractivity contribution < 1.29 is 13.2 Å². The topological polar surface area (TPSA) is 76.1 Å². The first-order valence-corrected chi connectivity index (χ1v) is 8.37. The maximum absolute atomic E-state index is 12.1. The molecule has 0 aliphatic rings. The van der Waals surface area contributed by atoms with Gasteiger partial charge in [-0.25, -0.2) is 8.42 Å². The van der Waals surface area contributed by atoms with Gasteiger partial charge in [-0.15, -0.1) is 0 Å². The highest BCUT2D eigenvalue weighted by atomic mass is 35.7. The van der Waals surface area contributed by atoms with E-state index in [1.54, 1.807) is 32.2 Å². The summed E-state index contributed by atoms with van der Waals surface area (Å²) >= 11 is 0. The van der Waals surface area contributed by atoms with Gasteiger partial charge in [-0.2, -0.15) is 0 Å². The molecule has 5 nitrogen and oxygen atoms in total. The Bertz CT molecular complexity index is 766. The molecule has 0 saturated heterocycles. The smallest absolute Gasteiger partial charge is 0.261 e. The number of hydrogen-bond donors (Lipinski definition) is 1. The SMILES string of the molecule is Cc1cc(S(=O)(=O)Cl)cc(C)c1NC(=O)c1cccnc1. The molecular formula is C14H13ClN2O3S. The highest BCUT2D eigenvalue weighted by molar-refractivity contribution is 8.13. The van der Waals surface area contributed by atoms with Crippen molar-refractivity contribution >= 4 is 31.3 Å². The fourth-order valence-electron chi connectivity index (χ4n) is 1.94. The van der Waals surface area contributed by atoms with E-state index < -0.39 is 9.05 Å². The van der Waals surface area contributed by atoms with Gasteiger partial charge in [0.2, 0.25) is 0 Å². The highest BCUT2D eigenvalue weighted by Gasteiger charge is 2.16. The normalized spacial score (nSPS) is 11.2. The lowest BCUT2D eigenvalue weighted by molar-refractivity contribution is 0.102. The van der Waals surface area contributed by atoms with E-state index in [2.05, 4.69) is 10.3 Å². The summed E-state index contributed by atoms with van der Waals surface area (Å²) in [4.78, 5) is 16.0. The summed E-state index contributed by atoms with van der Waals surface area (Å²) in [5.74, 6) is -0.309. The van der Waals surface area contributed by atoms with Crippen molar-refractivity contribution in [1.29, 1.82) is 0 Å². The van der Waals surface area contributed by atoms with Gasteiger partial charge in [0, 0.05) is 28.8 Å². The van der Waals surface area contributed by atoms with Crippen LogP contribution in [0.3, 0.4) is 0 Å². The van der Waals surface area contributed by atoms with Gasteiger partial charge in [-0.05, 0) is 49.2 Å². The van der Waals surface area contributed by atoms with Crippen LogP contribution in [0.2, 0.25) is 0 Å². The number of aryl methyl sites for hydroxylation is 2. The number of benzene rings is 1. The van der Waals surface area contributed by atoms with Crippen molar-refractivity contribution in [2.45, 2.75) is 18.7 Å². The van der Waals surface area contributed by atoms with Crippen molar-refractivity contribution in [2.24, 2.45) is 0 Å². The molecule has 0 bridgehead atoms. The summed E-state index contributed by atoms with van der Waals surface area (Å²) in [5.41, 5.74) is 2.22. The van der Waals surface area contributed by atoms with Gasteiger partial charge in [-0.1, -0.05) is 0 Å². The molecule has 0 saturated carbocycles. The van der Waals surface area contributed by atoms with Crippen molar-refractivity contribution in [2.75, 3.05) is 5.32 Å². The number of carbonyl (C=O) groups is 1. The van der Waals surface area contributed by atoms with E-state index in [0.29, 0.717) is 22.4 Å². The Kier molecular flexibility index (Phi) is 4.29. The minimum atomic E-state index is -3.80. The van der Waals surface area contributed by atoms with Crippen LogP contribution in [0.25, 0.3) is 0 Å². The second kappa shape index (κ2) is 5.83. The molecule has 0 aliphatic carbocycles. The lowest BCUT2D eigenvalue weighted by atomic mass is 10.1. The number of rotatable bonds is 3. The first-order valence-electron chi connectivity index (χ1n) is 6.06. The minimum Gasteiger partial charge on any atom is -0.321 e. The van der Waals surface area contributed by atoms with E-state index in [0.717, 1.165) is 0 Å². The molecule has 1 aromatic heterocycles. The maximum atomic E-state index is 12.1. The van der Waals surface area contributed by atoms with E-state index in [1.165, 1.54) is 18.3 Å². The van der Waals surface area contributed by atoms with Crippen LogP contribution in [0.1, 0.15) is 21.5 Å². The molecule has 1 heterocycles. The van der Waals surface area contributed by atoms with E-state index in [1.807, 2.05) is 0 Å². The summed E-state index contributed by atoms with van der Waals surface area (Å²) < 4.78 is 22.7. The third-order valence-electron chi connectivity index (χ3n) is 2.95. The molecule has 1 amide bonds. The van der Waals surface area contributed by atoms with Crippen LogP contribution >= 0.6 is 10.7 Å². The zero-order valence-corrected chi connectivity index (χ0v) is 13.0. The van der Waals surface area contributed by atoms with Gasteiger partial charge in [-0.3, -0.25) is 9.78 Å². The van der Waals surface area contributed by atoms with Gasteiger partial charge in [0.15, 0.2) is 0 Å². The number of hydrogen-bond acceptors (Lipinski definition) is 4. The summed E-state index contributed by atoms with van der Waals surface area (Å²) in [5, 5.41) is 2.76. The molecule has 0 aliphatic heterocycles. The Balaban J connectivity index is 2.36. The third kappa shape index (κ3) is 3.59. The molecule has 21 heavy (non-hydrogen) atoms. The number of amides is 1. The van der Waals surface area contributed by atoms with Crippen LogP contribution < -0.4 is 5.32 Å². The van der Waals surface area contributed by atoms with Gasteiger partial charge >= 0.3 is 0 Å². The first kappa shape index (κ1) is 15.5. The molecule has 1 aromatic carbocycles. The Morgan fingerprint density at radius 1 is 1.24 bits per heavy atom. The lowest BCUT2D eigenvalue weighted by Crippen LogP contribution is -2.14. The Morgan fingerprint density at radius 3 is 2.33 bits per heavy atom. The molecule has 0 radical (unpaired) electrons. The molecule has 7 heteroatoms. The number of carbonyl (C=O) groups excluding carboxylic acids is 1. The lowest BCUT2D eigenvalue weighted by Gasteiger charge is -2.13. The first-order chi connectivity index (χ1) is 9.79. The van der Waals surface area contributed by atoms with Crippen molar-refractivity contribution in [3.63, 3.8) is 0 Å². The molecular weight excluding hydrogens is 312 g/mol.